The summed E-state index contributed by atoms with van der Waals surface area (Å²) >= 11 is 0. The first kappa shape index (κ1) is 12.1. The average molecular weight is 238 g/mol. The number of nitrogens with zero attached hydrogens (tertiary/aromatic N) is 3. The smallest absolute Gasteiger partial charge is 0.257 e. The molecule has 0 saturated carbocycles. The van der Waals surface area contributed by atoms with E-state index in [-0.39, 0.29) is 12.0 Å². The van der Waals surface area contributed by atoms with Crippen LogP contribution in [-0.2, 0) is 6.54 Å². The second-order valence-electron chi connectivity index (χ2n) is 4.37. The molecular weight excluding hydrogens is 220 g/mol. The number of aliphatic hydroxyl groups excluding tert-OH is 1. The molecule has 0 spiro atoms. The number of amides is 1. The minimum absolute atomic E-state index is 0.0493. The van der Waals surface area contributed by atoms with Crippen molar-refractivity contribution in [2.24, 2.45) is 5.73 Å². The van der Waals surface area contributed by atoms with E-state index in [0.29, 0.717) is 25.2 Å². The summed E-state index contributed by atoms with van der Waals surface area (Å²) in [5.74, 6) is -0.0493. The van der Waals surface area contributed by atoms with Crippen LogP contribution in [0.15, 0.2) is 6.20 Å². The zero-order valence-electron chi connectivity index (χ0n) is 9.96. The summed E-state index contributed by atoms with van der Waals surface area (Å²) in [6, 6.07) is 0. The fourth-order valence-electron chi connectivity index (χ4n) is 1.91. The van der Waals surface area contributed by atoms with Crippen LogP contribution in [0.4, 0.5) is 0 Å². The lowest BCUT2D eigenvalue weighted by atomic mass is 10.1. The van der Waals surface area contributed by atoms with Gasteiger partial charge in [-0.3, -0.25) is 9.48 Å². The summed E-state index contributed by atoms with van der Waals surface area (Å²) in [6.45, 7) is 4.07. The quantitative estimate of drug-likeness (QED) is 0.730. The number of hydrogen-bond acceptors (Lipinski definition) is 4. The van der Waals surface area contributed by atoms with Gasteiger partial charge in [0.15, 0.2) is 0 Å². The van der Waals surface area contributed by atoms with Gasteiger partial charge in [-0.1, -0.05) is 0 Å². The summed E-state index contributed by atoms with van der Waals surface area (Å²) in [7, 11) is 0. The molecule has 1 aromatic heterocycles. The van der Waals surface area contributed by atoms with Crippen LogP contribution in [0.25, 0.3) is 0 Å². The molecule has 1 aliphatic rings. The number of carbonyl (C=O) groups excluding carboxylic acids is 1. The number of carbonyl (C=O) groups is 1. The Morgan fingerprint density at radius 3 is 2.94 bits per heavy atom. The van der Waals surface area contributed by atoms with Crippen LogP contribution in [0, 0.1) is 6.92 Å². The zero-order chi connectivity index (χ0) is 12.4. The molecule has 1 fully saturated rings. The Labute approximate surface area is 100 Å². The van der Waals surface area contributed by atoms with Crippen molar-refractivity contribution in [2.45, 2.75) is 26.0 Å². The molecule has 2 heterocycles. The van der Waals surface area contributed by atoms with E-state index in [1.54, 1.807) is 15.8 Å². The summed E-state index contributed by atoms with van der Waals surface area (Å²) in [5.41, 5.74) is 6.93. The molecule has 6 heteroatoms. The van der Waals surface area contributed by atoms with Gasteiger partial charge in [-0.05, 0) is 19.9 Å². The van der Waals surface area contributed by atoms with Crippen LogP contribution in [0.2, 0.25) is 0 Å². The van der Waals surface area contributed by atoms with E-state index >= 15 is 0 Å². The topological polar surface area (TPSA) is 84.4 Å². The highest BCUT2D eigenvalue weighted by Crippen LogP contribution is 2.16. The van der Waals surface area contributed by atoms with Gasteiger partial charge in [-0.2, -0.15) is 5.10 Å². The molecule has 1 aliphatic heterocycles. The second kappa shape index (κ2) is 4.85. The number of aromatic nitrogens is 2. The maximum Gasteiger partial charge on any atom is 0.257 e. The normalized spacial score (nSPS) is 16.1. The molecule has 3 N–H and O–H groups in total. The van der Waals surface area contributed by atoms with Crippen LogP contribution in [0.3, 0.4) is 0 Å². The molecule has 0 atom stereocenters. The third-order valence-corrected chi connectivity index (χ3v) is 3.06. The van der Waals surface area contributed by atoms with Crippen molar-refractivity contribution in [3.63, 3.8) is 0 Å². The Morgan fingerprint density at radius 2 is 2.35 bits per heavy atom. The minimum atomic E-state index is -0.369. The predicted molar refractivity (Wildman–Crippen MR) is 62.5 cm³/mol. The molecular formula is C11H18N4O2. The minimum Gasteiger partial charge on any atom is -0.389 e. The largest absolute Gasteiger partial charge is 0.389 e. The van der Waals surface area contributed by atoms with Gasteiger partial charge in [0.25, 0.3) is 5.91 Å². The molecule has 94 valence electrons. The van der Waals surface area contributed by atoms with Crippen molar-refractivity contribution in [2.75, 3.05) is 19.6 Å². The number of aliphatic hydroxyl groups is 1. The average Bonchev–Trinajstić information content (AvgIpc) is 2.63. The summed E-state index contributed by atoms with van der Waals surface area (Å²) < 4.78 is 1.80. The van der Waals surface area contributed by atoms with Crippen LogP contribution >= 0.6 is 0 Å². The van der Waals surface area contributed by atoms with E-state index in [9.17, 15) is 9.90 Å². The van der Waals surface area contributed by atoms with E-state index in [0.717, 1.165) is 18.7 Å². The number of nitrogens with two attached hydrogens (primary N) is 1. The number of hydrogen-bond donors (Lipinski definition) is 2. The number of likely N-dealkylation sites (tertiary alicyclic amines) is 1. The van der Waals surface area contributed by atoms with Crippen LogP contribution < -0.4 is 5.73 Å². The SMILES string of the molecule is Cc1c(C(=O)N2CC(O)C2)cnn1CCCN. The molecule has 6 nitrogen and oxygen atoms in total. The number of β-amino-alcohol motifs (C(OH)–C–C–N with tert-alkyl or cyclic N) is 1. The molecule has 2 rings (SSSR count). The molecule has 0 aromatic carbocycles. The molecule has 1 aromatic rings. The van der Waals surface area contributed by atoms with Crippen molar-refractivity contribution >= 4 is 5.91 Å². The van der Waals surface area contributed by atoms with E-state index in [1.165, 1.54) is 0 Å². The highest BCUT2D eigenvalue weighted by molar-refractivity contribution is 5.95. The highest BCUT2D eigenvalue weighted by atomic mass is 16.3. The predicted octanol–water partition coefficient (Wildman–Crippen LogP) is -0.643. The first-order chi connectivity index (χ1) is 8.13. The number of rotatable bonds is 4. The van der Waals surface area contributed by atoms with Crippen molar-refractivity contribution in [1.82, 2.24) is 14.7 Å². The van der Waals surface area contributed by atoms with E-state index in [1.807, 2.05) is 6.92 Å². The molecule has 0 unspecified atom stereocenters. The maximum atomic E-state index is 12.0. The lowest BCUT2D eigenvalue weighted by Crippen LogP contribution is -2.53. The Balaban J connectivity index is 2.05. The fraction of sp³-hybridized carbons (Fsp3) is 0.636. The molecule has 0 radical (unpaired) electrons. The lowest BCUT2D eigenvalue weighted by molar-refractivity contribution is 0.00583. The third-order valence-electron chi connectivity index (χ3n) is 3.06. The monoisotopic (exact) mass is 238 g/mol. The van der Waals surface area contributed by atoms with Gasteiger partial charge in [0, 0.05) is 25.3 Å². The lowest BCUT2D eigenvalue weighted by Gasteiger charge is -2.35. The summed E-state index contributed by atoms with van der Waals surface area (Å²) in [4.78, 5) is 13.6. The highest BCUT2D eigenvalue weighted by Gasteiger charge is 2.31. The van der Waals surface area contributed by atoms with Gasteiger partial charge >= 0.3 is 0 Å². The van der Waals surface area contributed by atoms with Gasteiger partial charge < -0.3 is 15.7 Å². The zero-order valence-corrected chi connectivity index (χ0v) is 9.96. The first-order valence-corrected chi connectivity index (χ1v) is 5.83. The van der Waals surface area contributed by atoms with E-state index in [4.69, 9.17) is 5.73 Å². The van der Waals surface area contributed by atoms with Crippen molar-refractivity contribution in [3.8, 4) is 0 Å². The second-order valence-corrected chi connectivity index (χ2v) is 4.37. The van der Waals surface area contributed by atoms with Gasteiger partial charge in [-0.15, -0.1) is 0 Å². The maximum absolute atomic E-state index is 12.0. The Morgan fingerprint density at radius 1 is 1.65 bits per heavy atom. The van der Waals surface area contributed by atoms with Gasteiger partial charge in [0.1, 0.15) is 0 Å². The van der Waals surface area contributed by atoms with E-state index in [2.05, 4.69) is 5.10 Å². The van der Waals surface area contributed by atoms with Gasteiger partial charge in [0.2, 0.25) is 0 Å². The summed E-state index contributed by atoms with van der Waals surface area (Å²) in [6.07, 6.45) is 2.07. The fourth-order valence-corrected chi connectivity index (χ4v) is 1.91. The third kappa shape index (κ3) is 2.32. The van der Waals surface area contributed by atoms with Gasteiger partial charge in [-0.25, -0.2) is 0 Å². The Hall–Kier alpha value is -1.40. The molecule has 1 amide bonds. The van der Waals surface area contributed by atoms with Crippen LogP contribution in [0.1, 0.15) is 22.5 Å². The Bertz CT molecular complexity index is 410. The molecule has 1 saturated heterocycles. The van der Waals surface area contributed by atoms with Crippen molar-refractivity contribution in [3.05, 3.63) is 17.5 Å². The van der Waals surface area contributed by atoms with Crippen molar-refractivity contribution < 1.29 is 9.90 Å². The standard InChI is InChI=1S/C11H18N4O2/c1-8-10(5-13-15(8)4-2-3-12)11(17)14-6-9(16)7-14/h5,9,16H,2-4,6-7,12H2,1H3. The van der Waals surface area contributed by atoms with Crippen molar-refractivity contribution in [1.29, 1.82) is 0 Å². The molecule has 0 bridgehead atoms. The Kier molecular flexibility index (Phi) is 3.44. The number of aryl methyl sites for hydroxylation is 1. The van der Waals surface area contributed by atoms with Gasteiger partial charge in [0.05, 0.1) is 17.9 Å². The van der Waals surface area contributed by atoms with Crippen LogP contribution in [-0.4, -0.2) is 51.4 Å². The van der Waals surface area contributed by atoms with Crippen LogP contribution in [0.5, 0.6) is 0 Å². The van der Waals surface area contributed by atoms with E-state index < -0.39 is 0 Å². The molecule has 0 aliphatic carbocycles. The summed E-state index contributed by atoms with van der Waals surface area (Å²) in [5, 5.41) is 13.4. The molecule has 17 heavy (non-hydrogen) atoms. The first-order valence-electron chi connectivity index (χ1n) is 5.83.